The highest BCUT2D eigenvalue weighted by Gasteiger charge is 2.27. The van der Waals surface area contributed by atoms with Gasteiger partial charge in [-0.15, -0.1) is 0 Å². The normalized spacial score (nSPS) is 12.2. The summed E-state index contributed by atoms with van der Waals surface area (Å²) < 4.78 is 40.0. The third-order valence-electron chi connectivity index (χ3n) is 2.36. The largest absolute Gasteiger partial charge is 0.411 e. The number of aromatic nitrogens is 2. The van der Waals surface area contributed by atoms with Crippen molar-refractivity contribution in [2.24, 2.45) is 0 Å². The molecule has 1 heterocycles. The number of hydrogen-bond acceptors (Lipinski definition) is 3. The number of imidazole rings is 1. The molecular formula is C12H12ClF3N2OS. The van der Waals surface area contributed by atoms with Gasteiger partial charge in [0.1, 0.15) is 6.61 Å². The summed E-state index contributed by atoms with van der Waals surface area (Å²) in [4.78, 5) is 7.44. The van der Waals surface area contributed by atoms with Crippen LogP contribution in [-0.4, -0.2) is 35.1 Å². The molecule has 0 aliphatic heterocycles. The number of rotatable bonds is 6. The zero-order valence-electron chi connectivity index (χ0n) is 10.3. The number of hydrogen-bond donors (Lipinski definition) is 1. The number of H-pyrrole nitrogens is 1. The summed E-state index contributed by atoms with van der Waals surface area (Å²) >= 11 is 7.30. The summed E-state index contributed by atoms with van der Waals surface area (Å²) in [5.74, 6) is 0.630. The monoisotopic (exact) mass is 324 g/mol. The van der Waals surface area contributed by atoms with Gasteiger partial charge >= 0.3 is 6.18 Å². The van der Waals surface area contributed by atoms with Gasteiger partial charge in [-0.3, -0.25) is 0 Å². The van der Waals surface area contributed by atoms with Crippen LogP contribution in [0, 0.1) is 0 Å². The van der Waals surface area contributed by atoms with E-state index in [1.54, 1.807) is 12.1 Å². The van der Waals surface area contributed by atoms with Crippen molar-refractivity contribution in [3.63, 3.8) is 0 Å². The average Bonchev–Trinajstić information content (AvgIpc) is 2.74. The summed E-state index contributed by atoms with van der Waals surface area (Å²) in [5.41, 5.74) is 1.65. The Morgan fingerprint density at radius 1 is 1.35 bits per heavy atom. The maximum atomic E-state index is 11.8. The summed E-state index contributed by atoms with van der Waals surface area (Å²) in [7, 11) is 0. The van der Waals surface area contributed by atoms with Crippen LogP contribution in [0.15, 0.2) is 23.4 Å². The first kappa shape index (κ1) is 15.5. The van der Waals surface area contributed by atoms with E-state index >= 15 is 0 Å². The minimum atomic E-state index is -4.26. The van der Waals surface area contributed by atoms with Gasteiger partial charge in [-0.1, -0.05) is 23.4 Å². The van der Waals surface area contributed by atoms with Gasteiger partial charge in [-0.25, -0.2) is 4.98 Å². The SMILES string of the molecule is FC(F)(F)COCCCSc1nc2ccc(Cl)cc2[nH]1. The van der Waals surface area contributed by atoms with Gasteiger partial charge in [-0.2, -0.15) is 13.2 Å². The van der Waals surface area contributed by atoms with E-state index in [1.807, 2.05) is 6.07 Å². The predicted octanol–water partition coefficient (Wildman–Crippen LogP) is 4.28. The minimum Gasteiger partial charge on any atom is -0.372 e. The van der Waals surface area contributed by atoms with E-state index in [-0.39, 0.29) is 6.61 Å². The number of aromatic amines is 1. The Bertz CT molecular complexity index is 573. The maximum absolute atomic E-state index is 11.8. The topological polar surface area (TPSA) is 37.9 Å². The van der Waals surface area contributed by atoms with Gasteiger partial charge in [-0.05, 0) is 24.6 Å². The van der Waals surface area contributed by atoms with Crippen molar-refractivity contribution in [3.05, 3.63) is 23.2 Å². The molecule has 1 N–H and O–H groups in total. The highest BCUT2D eigenvalue weighted by Crippen LogP contribution is 2.22. The number of nitrogens with one attached hydrogen (secondary N) is 1. The molecule has 0 saturated heterocycles. The highest BCUT2D eigenvalue weighted by molar-refractivity contribution is 7.99. The van der Waals surface area contributed by atoms with E-state index in [0.29, 0.717) is 17.2 Å². The number of ether oxygens (including phenoxy) is 1. The highest BCUT2D eigenvalue weighted by atomic mass is 35.5. The lowest BCUT2D eigenvalue weighted by atomic mass is 10.3. The van der Waals surface area contributed by atoms with E-state index < -0.39 is 12.8 Å². The third kappa shape index (κ3) is 4.88. The summed E-state index contributed by atoms with van der Waals surface area (Å²) in [6, 6.07) is 5.34. The number of thioether (sulfide) groups is 1. The summed E-state index contributed by atoms with van der Waals surface area (Å²) in [6.45, 7) is -1.11. The van der Waals surface area contributed by atoms with Crippen molar-refractivity contribution < 1.29 is 17.9 Å². The van der Waals surface area contributed by atoms with Crippen molar-refractivity contribution in [2.75, 3.05) is 19.0 Å². The first-order valence-corrected chi connectivity index (χ1v) is 7.23. The van der Waals surface area contributed by atoms with Crippen molar-refractivity contribution >= 4 is 34.4 Å². The lowest BCUT2D eigenvalue weighted by molar-refractivity contribution is -0.173. The second kappa shape index (κ2) is 6.69. The van der Waals surface area contributed by atoms with Crippen molar-refractivity contribution in [1.29, 1.82) is 0 Å². The Morgan fingerprint density at radius 3 is 2.90 bits per heavy atom. The Hall–Kier alpha value is -0.920. The molecular weight excluding hydrogens is 313 g/mol. The molecule has 0 radical (unpaired) electrons. The van der Waals surface area contributed by atoms with Gasteiger partial charge < -0.3 is 9.72 Å². The predicted molar refractivity (Wildman–Crippen MR) is 73.3 cm³/mol. The van der Waals surface area contributed by atoms with Crippen LogP contribution >= 0.6 is 23.4 Å². The smallest absolute Gasteiger partial charge is 0.372 e. The first-order chi connectivity index (χ1) is 9.44. The number of benzene rings is 1. The van der Waals surface area contributed by atoms with Crippen LogP contribution in [-0.2, 0) is 4.74 Å². The molecule has 2 rings (SSSR count). The van der Waals surface area contributed by atoms with Crippen molar-refractivity contribution in [2.45, 2.75) is 17.8 Å². The molecule has 0 spiro atoms. The fourth-order valence-corrected chi connectivity index (χ4v) is 2.52. The van der Waals surface area contributed by atoms with Crippen LogP contribution in [0.1, 0.15) is 6.42 Å². The third-order valence-corrected chi connectivity index (χ3v) is 3.55. The molecule has 0 fully saturated rings. The molecule has 0 aliphatic rings. The van der Waals surface area contributed by atoms with E-state index in [1.165, 1.54) is 11.8 Å². The van der Waals surface area contributed by atoms with Gasteiger partial charge in [0.2, 0.25) is 0 Å². The second-order valence-corrected chi connectivity index (χ2v) is 5.59. The van der Waals surface area contributed by atoms with E-state index in [9.17, 15) is 13.2 Å². The molecule has 0 atom stereocenters. The lowest BCUT2D eigenvalue weighted by Crippen LogP contribution is -2.17. The molecule has 110 valence electrons. The van der Waals surface area contributed by atoms with Crippen molar-refractivity contribution in [3.8, 4) is 0 Å². The van der Waals surface area contributed by atoms with Crippen LogP contribution in [0.5, 0.6) is 0 Å². The van der Waals surface area contributed by atoms with Crippen LogP contribution in [0.4, 0.5) is 13.2 Å². The van der Waals surface area contributed by atoms with Crippen LogP contribution in [0.3, 0.4) is 0 Å². The molecule has 20 heavy (non-hydrogen) atoms. The molecule has 1 aromatic heterocycles. The Morgan fingerprint density at radius 2 is 2.15 bits per heavy atom. The quantitative estimate of drug-likeness (QED) is 0.636. The summed E-state index contributed by atoms with van der Waals surface area (Å²) in [5, 5.41) is 1.34. The molecule has 0 aliphatic carbocycles. The standard InChI is InChI=1S/C12H12ClF3N2OS/c13-8-2-3-9-10(6-8)18-11(17-9)20-5-1-4-19-7-12(14,15)16/h2-3,6H,1,4-5,7H2,(H,17,18). The van der Waals surface area contributed by atoms with Crippen LogP contribution < -0.4 is 0 Å². The molecule has 0 unspecified atom stereocenters. The summed E-state index contributed by atoms with van der Waals surface area (Å²) in [6.07, 6.45) is -3.73. The number of fused-ring (bicyclic) bond motifs is 1. The Labute approximate surface area is 122 Å². The number of alkyl halides is 3. The first-order valence-electron chi connectivity index (χ1n) is 5.86. The van der Waals surface area contributed by atoms with Crippen LogP contribution in [0.25, 0.3) is 11.0 Å². The maximum Gasteiger partial charge on any atom is 0.411 e. The molecule has 0 saturated carbocycles. The zero-order chi connectivity index (χ0) is 14.6. The molecule has 2 aromatic rings. The molecule has 8 heteroatoms. The minimum absolute atomic E-state index is 0.0819. The zero-order valence-corrected chi connectivity index (χ0v) is 11.9. The van der Waals surface area contributed by atoms with Gasteiger partial charge in [0.05, 0.1) is 11.0 Å². The van der Waals surface area contributed by atoms with Crippen molar-refractivity contribution in [1.82, 2.24) is 9.97 Å². The van der Waals surface area contributed by atoms with Crippen LogP contribution in [0.2, 0.25) is 5.02 Å². The second-order valence-electron chi connectivity index (χ2n) is 4.07. The molecule has 0 bridgehead atoms. The molecule has 3 nitrogen and oxygen atoms in total. The lowest BCUT2D eigenvalue weighted by Gasteiger charge is -2.06. The average molecular weight is 325 g/mol. The van der Waals surface area contributed by atoms with Gasteiger partial charge in [0, 0.05) is 17.4 Å². The van der Waals surface area contributed by atoms with E-state index in [0.717, 1.165) is 16.2 Å². The fourth-order valence-electron chi connectivity index (χ4n) is 1.54. The van der Waals surface area contributed by atoms with Gasteiger partial charge in [0.15, 0.2) is 5.16 Å². The fraction of sp³-hybridized carbons (Fsp3) is 0.417. The Kier molecular flexibility index (Phi) is 5.17. The van der Waals surface area contributed by atoms with E-state index in [4.69, 9.17) is 11.6 Å². The molecule has 0 amide bonds. The number of nitrogens with zero attached hydrogens (tertiary/aromatic N) is 1. The van der Waals surface area contributed by atoms with Gasteiger partial charge in [0.25, 0.3) is 0 Å². The van der Waals surface area contributed by atoms with E-state index in [2.05, 4.69) is 14.7 Å². The number of halogens is 4. The Balaban J connectivity index is 1.73. The molecule has 1 aromatic carbocycles.